The molecule has 0 radical (unpaired) electrons. The molecule has 6 heteroatoms. The van der Waals surface area contributed by atoms with E-state index in [1.165, 1.54) is 0 Å². The fourth-order valence-corrected chi connectivity index (χ4v) is 3.31. The van der Waals surface area contributed by atoms with Crippen molar-refractivity contribution in [2.24, 2.45) is 0 Å². The summed E-state index contributed by atoms with van der Waals surface area (Å²) < 4.78 is 5.14. The molecular formula is C15H23ClN2O2S. The third-order valence-corrected chi connectivity index (χ3v) is 4.75. The summed E-state index contributed by atoms with van der Waals surface area (Å²) in [5.74, 6) is 1.03. The lowest BCUT2D eigenvalue weighted by molar-refractivity contribution is -0.130. The fraction of sp³-hybridized carbons (Fsp3) is 0.533. The Kier molecular flexibility index (Phi) is 7.35. The van der Waals surface area contributed by atoms with E-state index in [2.05, 4.69) is 5.32 Å². The van der Waals surface area contributed by atoms with Gasteiger partial charge in [-0.1, -0.05) is 0 Å². The molecule has 0 bridgehead atoms. The van der Waals surface area contributed by atoms with E-state index in [9.17, 15) is 4.79 Å². The third-order valence-electron chi connectivity index (χ3n) is 3.65. The van der Waals surface area contributed by atoms with Crippen molar-refractivity contribution in [1.29, 1.82) is 0 Å². The van der Waals surface area contributed by atoms with Gasteiger partial charge in [0.2, 0.25) is 5.91 Å². The average molecular weight is 331 g/mol. The number of amides is 1. The van der Waals surface area contributed by atoms with Crippen molar-refractivity contribution in [3.8, 4) is 5.75 Å². The van der Waals surface area contributed by atoms with E-state index < -0.39 is 0 Å². The second-order valence-electron chi connectivity index (χ2n) is 5.03. The van der Waals surface area contributed by atoms with Crippen molar-refractivity contribution in [2.75, 3.05) is 27.2 Å². The van der Waals surface area contributed by atoms with Crippen molar-refractivity contribution < 1.29 is 9.53 Å². The quantitative estimate of drug-likeness (QED) is 0.842. The Balaban J connectivity index is 0.00000220. The molecule has 1 aliphatic rings. The minimum Gasteiger partial charge on any atom is -0.497 e. The number of nitrogens with zero attached hydrogens (tertiary/aromatic N) is 1. The molecule has 21 heavy (non-hydrogen) atoms. The van der Waals surface area contributed by atoms with Crippen LogP contribution in [-0.2, 0) is 4.79 Å². The number of carbonyl (C=O) groups is 1. The Morgan fingerprint density at radius 2 is 2.10 bits per heavy atom. The highest BCUT2D eigenvalue weighted by Crippen LogP contribution is 2.26. The number of methoxy groups -OCH3 is 1. The minimum atomic E-state index is -0.0750. The van der Waals surface area contributed by atoms with Gasteiger partial charge in [-0.05, 0) is 44.2 Å². The molecule has 1 aromatic carbocycles. The molecule has 1 amide bonds. The van der Waals surface area contributed by atoms with Crippen molar-refractivity contribution in [1.82, 2.24) is 10.2 Å². The number of nitrogens with one attached hydrogen (secondary N) is 1. The highest BCUT2D eigenvalue weighted by atomic mass is 35.5. The normalized spacial score (nSPS) is 18.7. The molecule has 1 aliphatic heterocycles. The summed E-state index contributed by atoms with van der Waals surface area (Å²) in [5.41, 5.74) is 0. The zero-order valence-electron chi connectivity index (χ0n) is 12.7. The van der Waals surface area contributed by atoms with Crippen LogP contribution in [0.1, 0.15) is 13.3 Å². The zero-order chi connectivity index (χ0) is 14.5. The Hall–Kier alpha value is -0.910. The maximum absolute atomic E-state index is 12.4. The summed E-state index contributed by atoms with van der Waals surface area (Å²) in [6, 6.07) is 8.16. The standard InChI is InChI=1S/C15H22N2O2S.ClH/c1-11(15(18)17(2)12-8-9-16-10-12)20-14-6-4-13(19-3)5-7-14;/h4-7,11-12,16H,8-10H2,1-3H3;1H. The van der Waals surface area contributed by atoms with E-state index >= 15 is 0 Å². The topological polar surface area (TPSA) is 41.6 Å². The number of hydrogen-bond acceptors (Lipinski definition) is 4. The first-order valence-electron chi connectivity index (χ1n) is 6.90. The first-order chi connectivity index (χ1) is 9.61. The minimum absolute atomic E-state index is 0. The first-order valence-corrected chi connectivity index (χ1v) is 7.78. The van der Waals surface area contributed by atoms with Gasteiger partial charge < -0.3 is 15.0 Å². The summed E-state index contributed by atoms with van der Waals surface area (Å²) in [6.45, 7) is 3.88. The fourth-order valence-electron chi connectivity index (χ4n) is 2.35. The molecule has 2 atom stereocenters. The Bertz CT molecular complexity index is 449. The summed E-state index contributed by atoms with van der Waals surface area (Å²) in [7, 11) is 3.56. The predicted molar refractivity (Wildman–Crippen MR) is 89.6 cm³/mol. The molecule has 1 aromatic rings. The summed E-state index contributed by atoms with van der Waals surface area (Å²) in [5, 5.41) is 3.22. The van der Waals surface area contributed by atoms with Gasteiger partial charge in [0, 0.05) is 24.5 Å². The highest BCUT2D eigenvalue weighted by molar-refractivity contribution is 8.00. The van der Waals surface area contributed by atoms with Crippen molar-refractivity contribution in [2.45, 2.75) is 29.5 Å². The van der Waals surface area contributed by atoms with Crippen molar-refractivity contribution in [3.05, 3.63) is 24.3 Å². The number of hydrogen-bond donors (Lipinski definition) is 1. The lowest BCUT2D eigenvalue weighted by atomic mass is 10.2. The van der Waals surface area contributed by atoms with Crippen LogP contribution in [0.15, 0.2) is 29.2 Å². The number of halogens is 1. The third kappa shape index (κ3) is 4.80. The number of ether oxygens (including phenoxy) is 1. The Labute approximate surface area is 137 Å². The van der Waals surface area contributed by atoms with E-state index in [0.29, 0.717) is 6.04 Å². The van der Waals surface area contributed by atoms with Gasteiger partial charge in [-0.15, -0.1) is 24.2 Å². The Morgan fingerprint density at radius 1 is 1.43 bits per heavy atom. The zero-order valence-corrected chi connectivity index (χ0v) is 14.3. The lowest BCUT2D eigenvalue weighted by Gasteiger charge is -2.26. The maximum Gasteiger partial charge on any atom is 0.235 e. The van der Waals surface area contributed by atoms with Crippen molar-refractivity contribution in [3.63, 3.8) is 0 Å². The second-order valence-corrected chi connectivity index (χ2v) is 6.45. The van der Waals surface area contributed by atoms with Gasteiger partial charge in [0.05, 0.1) is 12.4 Å². The van der Waals surface area contributed by atoms with Crippen molar-refractivity contribution >= 4 is 30.1 Å². The first kappa shape index (κ1) is 18.1. The number of likely N-dealkylation sites (N-methyl/N-ethyl adjacent to an activating group) is 1. The molecule has 1 fully saturated rings. The summed E-state index contributed by atoms with van der Waals surface area (Å²) >= 11 is 1.59. The number of benzene rings is 1. The monoisotopic (exact) mass is 330 g/mol. The SMILES string of the molecule is COc1ccc(SC(C)C(=O)N(C)C2CCNC2)cc1.Cl. The molecule has 2 rings (SSSR count). The maximum atomic E-state index is 12.4. The van der Waals surface area contributed by atoms with E-state index in [-0.39, 0.29) is 23.6 Å². The van der Waals surface area contributed by atoms with Crippen LogP contribution in [0.2, 0.25) is 0 Å². The van der Waals surface area contributed by atoms with Crippen LogP contribution in [0.25, 0.3) is 0 Å². The lowest BCUT2D eigenvalue weighted by Crippen LogP contribution is -2.42. The van der Waals surface area contributed by atoms with Gasteiger partial charge in [-0.25, -0.2) is 0 Å². The van der Waals surface area contributed by atoms with Crippen LogP contribution in [-0.4, -0.2) is 49.3 Å². The predicted octanol–water partition coefficient (Wildman–Crippen LogP) is 2.42. The van der Waals surface area contributed by atoms with E-state index in [1.807, 2.05) is 43.1 Å². The van der Waals surface area contributed by atoms with E-state index in [4.69, 9.17) is 4.74 Å². The molecule has 118 valence electrons. The van der Waals surface area contributed by atoms with Crippen LogP contribution < -0.4 is 10.1 Å². The molecule has 0 aliphatic carbocycles. The number of carbonyl (C=O) groups excluding carboxylic acids is 1. The van der Waals surface area contributed by atoms with Crippen LogP contribution in [0, 0.1) is 0 Å². The van der Waals surface area contributed by atoms with Gasteiger partial charge in [0.15, 0.2) is 0 Å². The van der Waals surface area contributed by atoms with Gasteiger partial charge in [-0.3, -0.25) is 4.79 Å². The molecule has 1 heterocycles. The van der Waals surface area contributed by atoms with Crippen LogP contribution >= 0.6 is 24.2 Å². The summed E-state index contributed by atoms with van der Waals surface area (Å²) in [6.07, 6.45) is 1.04. The average Bonchev–Trinajstić information content (AvgIpc) is 3.00. The Morgan fingerprint density at radius 3 is 2.62 bits per heavy atom. The molecule has 1 N–H and O–H groups in total. The van der Waals surface area contributed by atoms with Crippen LogP contribution in [0.4, 0.5) is 0 Å². The van der Waals surface area contributed by atoms with Gasteiger partial charge in [-0.2, -0.15) is 0 Å². The molecule has 1 saturated heterocycles. The van der Waals surface area contributed by atoms with Crippen LogP contribution in [0.3, 0.4) is 0 Å². The highest BCUT2D eigenvalue weighted by Gasteiger charge is 2.26. The smallest absolute Gasteiger partial charge is 0.235 e. The van der Waals surface area contributed by atoms with E-state index in [1.54, 1.807) is 18.9 Å². The number of rotatable bonds is 5. The molecule has 2 unspecified atom stereocenters. The summed E-state index contributed by atoms with van der Waals surface area (Å²) in [4.78, 5) is 15.4. The molecular weight excluding hydrogens is 308 g/mol. The van der Waals surface area contributed by atoms with Crippen LogP contribution in [0.5, 0.6) is 5.75 Å². The van der Waals surface area contributed by atoms with E-state index in [0.717, 1.165) is 30.2 Å². The number of thioether (sulfide) groups is 1. The van der Waals surface area contributed by atoms with Gasteiger partial charge >= 0.3 is 0 Å². The molecule has 4 nitrogen and oxygen atoms in total. The molecule has 0 aromatic heterocycles. The largest absolute Gasteiger partial charge is 0.497 e. The molecule has 0 spiro atoms. The van der Waals surface area contributed by atoms with Gasteiger partial charge in [0.1, 0.15) is 5.75 Å². The molecule has 0 saturated carbocycles. The van der Waals surface area contributed by atoms with Gasteiger partial charge in [0.25, 0.3) is 0 Å². The second kappa shape index (κ2) is 8.51.